The van der Waals surface area contributed by atoms with Crippen LogP contribution in [0.5, 0.6) is 17.2 Å². The summed E-state index contributed by atoms with van der Waals surface area (Å²) in [5, 5.41) is 20.2. The molecule has 1 aromatic carbocycles. The van der Waals surface area contributed by atoms with Gasteiger partial charge in [0.15, 0.2) is 17.2 Å². The predicted octanol–water partition coefficient (Wildman–Crippen LogP) is 0.901. The predicted molar refractivity (Wildman–Crippen MR) is 70.0 cm³/mol. The van der Waals surface area contributed by atoms with Crippen LogP contribution in [0, 0.1) is 0 Å². The molecule has 0 amide bonds. The van der Waals surface area contributed by atoms with Crippen LogP contribution in [0.25, 0.3) is 0 Å². The second kappa shape index (κ2) is 4.57. The van der Waals surface area contributed by atoms with Crippen LogP contribution in [0.3, 0.4) is 0 Å². The molecule has 0 aliphatic carbocycles. The molecule has 2 N–H and O–H groups in total. The molecule has 20 heavy (non-hydrogen) atoms. The number of benzene rings is 1. The second-order valence-corrected chi connectivity index (χ2v) is 4.54. The van der Waals surface area contributed by atoms with Crippen molar-refractivity contribution in [3.63, 3.8) is 0 Å². The number of aryl methyl sites for hydroxylation is 1. The summed E-state index contributed by atoms with van der Waals surface area (Å²) in [4.78, 5) is 11.5. The quantitative estimate of drug-likeness (QED) is 0.851. The van der Waals surface area contributed by atoms with E-state index in [2.05, 4.69) is 0 Å². The summed E-state index contributed by atoms with van der Waals surface area (Å²) >= 11 is 0. The molecule has 0 radical (unpaired) electrons. The van der Waals surface area contributed by atoms with E-state index in [9.17, 15) is 15.0 Å². The molecule has 1 aromatic heterocycles. The molecule has 0 saturated heterocycles. The van der Waals surface area contributed by atoms with Crippen molar-refractivity contribution >= 4 is 0 Å². The maximum atomic E-state index is 11.5. The number of aromatic hydroxyl groups is 1. The van der Waals surface area contributed by atoms with Gasteiger partial charge in [-0.05, 0) is 17.7 Å². The molecule has 1 unspecified atom stereocenters. The Labute approximate surface area is 114 Å². The minimum atomic E-state index is -1.14. The molecule has 2 aromatic rings. The Kier molecular flexibility index (Phi) is 2.87. The van der Waals surface area contributed by atoms with E-state index in [1.165, 1.54) is 16.8 Å². The van der Waals surface area contributed by atoms with Gasteiger partial charge in [0.05, 0.1) is 5.69 Å². The molecule has 1 atom stereocenters. The number of ether oxygens (including phenoxy) is 2. The number of aromatic nitrogens is 1. The average molecular weight is 275 g/mol. The normalized spacial score (nSPS) is 14.3. The molecule has 6 heteroatoms. The van der Waals surface area contributed by atoms with Gasteiger partial charge in [0.25, 0.3) is 0 Å². The highest BCUT2D eigenvalue weighted by Crippen LogP contribution is 2.36. The lowest BCUT2D eigenvalue weighted by molar-refractivity contribution is 0.173. The number of aliphatic hydroxyl groups excluding tert-OH is 1. The number of hydrogen-bond acceptors (Lipinski definition) is 5. The number of rotatable bonds is 2. The van der Waals surface area contributed by atoms with E-state index in [1.54, 1.807) is 25.2 Å². The van der Waals surface area contributed by atoms with Gasteiger partial charge in [0, 0.05) is 19.3 Å². The van der Waals surface area contributed by atoms with E-state index in [4.69, 9.17) is 9.47 Å². The van der Waals surface area contributed by atoms with Crippen LogP contribution in [0.2, 0.25) is 0 Å². The van der Waals surface area contributed by atoms with Crippen LogP contribution in [-0.4, -0.2) is 21.6 Å². The van der Waals surface area contributed by atoms with Crippen molar-refractivity contribution in [2.75, 3.05) is 6.79 Å². The summed E-state index contributed by atoms with van der Waals surface area (Å²) in [5.41, 5.74) is 0.111. The van der Waals surface area contributed by atoms with Crippen LogP contribution in [0.15, 0.2) is 35.3 Å². The van der Waals surface area contributed by atoms with Crippen molar-refractivity contribution in [1.82, 2.24) is 4.57 Å². The van der Waals surface area contributed by atoms with E-state index in [0.717, 1.165) is 0 Å². The first-order valence-electron chi connectivity index (χ1n) is 6.04. The fourth-order valence-corrected chi connectivity index (χ4v) is 2.20. The van der Waals surface area contributed by atoms with Crippen LogP contribution in [0.1, 0.15) is 17.4 Å². The van der Waals surface area contributed by atoms with Crippen LogP contribution in [0.4, 0.5) is 0 Å². The molecule has 3 rings (SSSR count). The third-order valence-electron chi connectivity index (χ3n) is 3.28. The maximum Gasteiger partial charge on any atom is 0.231 e. The molecule has 2 heterocycles. The van der Waals surface area contributed by atoms with Gasteiger partial charge in [0.1, 0.15) is 6.10 Å². The van der Waals surface area contributed by atoms with Gasteiger partial charge in [0.2, 0.25) is 12.2 Å². The summed E-state index contributed by atoms with van der Waals surface area (Å²) in [6, 6.07) is 6.21. The fraction of sp³-hybridized carbons (Fsp3) is 0.214. The highest BCUT2D eigenvalue weighted by Gasteiger charge is 2.22. The Hall–Kier alpha value is -2.47. The lowest BCUT2D eigenvalue weighted by Gasteiger charge is -2.16. The highest BCUT2D eigenvalue weighted by atomic mass is 16.7. The largest absolute Gasteiger partial charge is 0.503 e. The van der Waals surface area contributed by atoms with E-state index < -0.39 is 17.3 Å². The van der Waals surface area contributed by atoms with Crippen molar-refractivity contribution in [3.05, 3.63) is 51.9 Å². The average Bonchev–Trinajstić information content (AvgIpc) is 2.90. The molecule has 0 bridgehead atoms. The zero-order valence-electron chi connectivity index (χ0n) is 10.7. The van der Waals surface area contributed by atoms with Gasteiger partial charge in [-0.2, -0.15) is 0 Å². The second-order valence-electron chi connectivity index (χ2n) is 4.54. The molecule has 6 nitrogen and oxygen atoms in total. The topological polar surface area (TPSA) is 80.9 Å². The van der Waals surface area contributed by atoms with Gasteiger partial charge in [-0.3, -0.25) is 4.79 Å². The zero-order valence-corrected chi connectivity index (χ0v) is 10.7. The Morgan fingerprint density at radius 2 is 2.00 bits per heavy atom. The van der Waals surface area contributed by atoms with E-state index >= 15 is 0 Å². The van der Waals surface area contributed by atoms with Crippen molar-refractivity contribution in [2.45, 2.75) is 6.10 Å². The third kappa shape index (κ3) is 1.90. The third-order valence-corrected chi connectivity index (χ3v) is 3.28. The van der Waals surface area contributed by atoms with Crippen molar-refractivity contribution in [1.29, 1.82) is 0 Å². The van der Waals surface area contributed by atoms with Gasteiger partial charge in [-0.25, -0.2) is 0 Å². The standard InChI is InChI=1S/C14H13NO5/c1-15-5-4-9(16)14(18)12(15)13(17)8-2-3-10-11(6-8)20-7-19-10/h2-6,13,17-18H,7H2,1H3. The minimum Gasteiger partial charge on any atom is -0.503 e. The first kappa shape index (κ1) is 12.6. The molecule has 1 aliphatic rings. The Balaban J connectivity index is 2.07. The summed E-state index contributed by atoms with van der Waals surface area (Å²) in [5.74, 6) is 0.675. The maximum absolute atomic E-state index is 11.5. The molecular formula is C14H13NO5. The van der Waals surface area contributed by atoms with Crippen LogP contribution in [-0.2, 0) is 7.05 Å². The van der Waals surface area contributed by atoms with E-state index in [1.807, 2.05) is 0 Å². The van der Waals surface area contributed by atoms with Crippen molar-refractivity contribution in [3.8, 4) is 17.2 Å². The zero-order chi connectivity index (χ0) is 14.3. The summed E-state index contributed by atoms with van der Waals surface area (Å²) < 4.78 is 11.9. The number of hydrogen-bond donors (Lipinski definition) is 2. The molecule has 0 spiro atoms. The molecule has 0 fully saturated rings. The number of aliphatic hydroxyl groups is 1. The summed E-state index contributed by atoms with van der Waals surface area (Å²) in [7, 11) is 1.64. The molecular weight excluding hydrogens is 262 g/mol. The number of nitrogens with zero attached hydrogens (tertiary/aromatic N) is 1. The SMILES string of the molecule is Cn1ccc(=O)c(O)c1C(O)c1ccc2c(c1)OCO2. The Morgan fingerprint density at radius 3 is 2.80 bits per heavy atom. The molecule has 0 saturated carbocycles. The first-order chi connectivity index (χ1) is 9.58. The molecule has 1 aliphatic heterocycles. The van der Waals surface area contributed by atoms with Gasteiger partial charge >= 0.3 is 0 Å². The highest BCUT2D eigenvalue weighted by molar-refractivity contribution is 5.47. The lowest BCUT2D eigenvalue weighted by atomic mass is 10.0. The smallest absolute Gasteiger partial charge is 0.231 e. The van der Waals surface area contributed by atoms with Crippen molar-refractivity contribution < 1.29 is 19.7 Å². The first-order valence-corrected chi connectivity index (χ1v) is 6.04. The Bertz CT molecular complexity index is 722. The monoisotopic (exact) mass is 275 g/mol. The van der Waals surface area contributed by atoms with Crippen LogP contribution < -0.4 is 14.9 Å². The Morgan fingerprint density at radius 1 is 1.25 bits per heavy atom. The van der Waals surface area contributed by atoms with Crippen molar-refractivity contribution in [2.24, 2.45) is 7.05 Å². The summed E-state index contributed by atoms with van der Waals surface area (Å²) in [6.07, 6.45) is 0.358. The van der Waals surface area contributed by atoms with E-state index in [-0.39, 0.29) is 12.5 Å². The van der Waals surface area contributed by atoms with Gasteiger partial charge < -0.3 is 24.3 Å². The van der Waals surface area contributed by atoms with Crippen LogP contribution >= 0.6 is 0 Å². The number of pyridine rings is 1. The van der Waals surface area contributed by atoms with Gasteiger partial charge in [-0.1, -0.05) is 6.07 Å². The molecule has 104 valence electrons. The van der Waals surface area contributed by atoms with E-state index in [0.29, 0.717) is 17.1 Å². The summed E-state index contributed by atoms with van der Waals surface area (Å²) in [6.45, 7) is 0.143. The number of fused-ring (bicyclic) bond motifs is 1. The van der Waals surface area contributed by atoms with Gasteiger partial charge in [-0.15, -0.1) is 0 Å². The fourth-order valence-electron chi connectivity index (χ4n) is 2.20. The minimum absolute atomic E-state index is 0.136. The lowest BCUT2D eigenvalue weighted by Crippen LogP contribution is -2.14.